The zero-order valence-corrected chi connectivity index (χ0v) is 16.8. The minimum Gasteiger partial charge on any atom is -0.370 e. The van der Waals surface area contributed by atoms with Crippen molar-refractivity contribution in [2.45, 2.75) is 20.3 Å². The molecule has 0 spiro atoms. The molecule has 146 valence electrons. The highest BCUT2D eigenvalue weighted by atomic mass is 15.4. The van der Waals surface area contributed by atoms with Gasteiger partial charge in [-0.25, -0.2) is 9.97 Å². The maximum Gasteiger partial charge on any atom is 0.134 e. The van der Waals surface area contributed by atoms with Crippen LogP contribution in [-0.2, 0) is 6.42 Å². The first-order chi connectivity index (χ1) is 13.6. The number of rotatable bonds is 5. The largest absolute Gasteiger partial charge is 0.370 e. The van der Waals surface area contributed by atoms with Crippen molar-refractivity contribution < 1.29 is 0 Å². The molecule has 0 radical (unpaired) electrons. The summed E-state index contributed by atoms with van der Waals surface area (Å²) in [5.74, 6) is 2.90. The third kappa shape index (κ3) is 3.42. The minimum atomic E-state index is 0.798. The van der Waals surface area contributed by atoms with Gasteiger partial charge in [-0.2, -0.15) is 0 Å². The molecule has 1 N–H and O–H groups in total. The number of hydrogen-bond acceptors (Lipinski definition) is 6. The van der Waals surface area contributed by atoms with Crippen LogP contribution in [0.15, 0.2) is 49.6 Å². The molecule has 0 aliphatic carbocycles. The van der Waals surface area contributed by atoms with Crippen molar-refractivity contribution in [1.82, 2.24) is 20.2 Å². The van der Waals surface area contributed by atoms with Crippen LogP contribution in [0.5, 0.6) is 0 Å². The van der Waals surface area contributed by atoms with Crippen molar-refractivity contribution in [2.24, 2.45) is 0 Å². The average Bonchev–Trinajstić information content (AvgIpc) is 3.37. The Kier molecular flexibility index (Phi) is 4.94. The van der Waals surface area contributed by atoms with E-state index in [1.807, 2.05) is 18.5 Å². The molecule has 0 saturated carbocycles. The molecule has 2 aromatic heterocycles. The topological polar surface area (TPSA) is 47.5 Å². The van der Waals surface area contributed by atoms with E-state index in [1.54, 1.807) is 0 Å². The summed E-state index contributed by atoms with van der Waals surface area (Å²) in [6.45, 7) is 17.1. The van der Waals surface area contributed by atoms with Gasteiger partial charge in [0.15, 0.2) is 0 Å². The second-order valence-electron chi connectivity index (χ2n) is 7.38. The fraction of sp³-hybridized carbons (Fsp3) is 0.364. The molecule has 0 atom stereocenters. The number of nitrogens with zero attached hydrogens (tertiary/aromatic N) is 5. The van der Waals surface area contributed by atoms with E-state index < -0.39 is 0 Å². The SMILES string of the molecule is C=C(c1ccc(N2CCNC2=C)nc1)N1CCN(c2ncc(CC)cc2C)C1. The molecular weight excluding hydrogens is 348 g/mol. The zero-order valence-electron chi connectivity index (χ0n) is 16.8. The summed E-state index contributed by atoms with van der Waals surface area (Å²) < 4.78 is 0. The lowest BCUT2D eigenvalue weighted by Crippen LogP contribution is -2.25. The van der Waals surface area contributed by atoms with E-state index in [0.29, 0.717) is 0 Å². The molecule has 4 heterocycles. The number of aryl methyl sites for hydroxylation is 2. The van der Waals surface area contributed by atoms with E-state index in [0.717, 1.165) is 68.0 Å². The molecule has 2 aromatic rings. The van der Waals surface area contributed by atoms with Gasteiger partial charge in [-0.05, 0) is 36.6 Å². The lowest BCUT2D eigenvalue weighted by molar-refractivity contribution is 0.496. The molecule has 0 unspecified atom stereocenters. The van der Waals surface area contributed by atoms with Crippen LogP contribution in [0, 0.1) is 6.92 Å². The van der Waals surface area contributed by atoms with Crippen LogP contribution in [0.4, 0.5) is 11.6 Å². The number of nitrogens with one attached hydrogen (secondary N) is 1. The van der Waals surface area contributed by atoms with Gasteiger partial charge in [0.25, 0.3) is 0 Å². The first-order valence-corrected chi connectivity index (χ1v) is 9.88. The lowest BCUT2D eigenvalue weighted by atomic mass is 10.1. The molecular formula is C22H28N6. The number of pyridine rings is 2. The zero-order chi connectivity index (χ0) is 19.7. The summed E-state index contributed by atoms with van der Waals surface area (Å²) in [6, 6.07) is 6.38. The highest BCUT2D eigenvalue weighted by Gasteiger charge is 2.24. The minimum absolute atomic E-state index is 0.798. The van der Waals surface area contributed by atoms with Gasteiger partial charge < -0.3 is 20.0 Å². The average molecular weight is 377 g/mol. The van der Waals surface area contributed by atoms with Crippen molar-refractivity contribution >= 4 is 17.3 Å². The Morgan fingerprint density at radius 1 is 1.18 bits per heavy atom. The highest BCUT2D eigenvalue weighted by molar-refractivity contribution is 5.64. The van der Waals surface area contributed by atoms with Gasteiger partial charge >= 0.3 is 0 Å². The van der Waals surface area contributed by atoms with Crippen LogP contribution in [0.25, 0.3) is 5.70 Å². The van der Waals surface area contributed by atoms with Crippen LogP contribution in [0.3, 0.4) is 0 Å². The fourth-order valence-corrected chi connectivity index (χ4v) is 3.83. The summed E-state index contributed by atoms with van der Waals surface area (Å²) in [5, 5.41) is 3.24. The fourth-order valence-electron chi connectivity index (χ4n) is 3.83. The standard InChI is InChI=1S/C22H28N6/c1-5-19-12-16(2)22(25-13-19)27-11-10-26(15-27)17(3)20-6-7-21(24-14-20)28-9-8-23-18(28)4/h6-7,12-14,23H,3-5,8-11,15H2,1-2H3. The maximum absolute atomic E-state index is 4.70. The van der Waals surface area contributed by atoms with Gasteiger partial charge in [0, 0.05) is 49.8 Å². The second kappa shape index (κ2) is 7.54. The molecule has 0 amide bonds. The Labute approximate surface area is 167 Å². The first-order valence-electron chi connectivity index (χ1n) is 9.88. The first kappa shape index (κ1) is 18.3. The smallest absolute Gasteiger partial charge is 0.134 e. The van der Waals surface area contributed by atoms with Crippen molar-refractivity contribution in [3.8, 4) is 0 Å². The van der Waals surface area contributed by atoms with E-state index in [4.69, 9.17) is 4.98 Å². The van der Waals surface area contributed by atoms with Gasteiger partial charge in [-0.1, -0.05) is 26.1 Å². The van der Waals surface area contributed by atoms with E-state index in [-0.39, 0.29) is 0 Å². The van der Waals surface area contributed by atoms with Crippen molar-refractivity contribution in [1.29, 1.82) is 0 Å². The lowest BCUT2D eigenvalue weighted by Gasteiger charge is -2.24. The molecule has 28 heavy (non-hydrogen) atoms. The Morgan fingerprint density at radius 3 is 2.68 bits per heavy atom. The number of hydrogen-bond donors (Lipinski definition) is 1. The van der Waals surface area contributed by atoms with Crippen molar-refractivity contribution in [3.63, 3.8) is 0 Å². The van der Waals surface area contributed by atoms with E-state index in [1.165, 1.54) is 11.1 Å². The van der Waals surface area contributed by atoms with Crippen LogP contribution in [0.2, 0.25) is 0 Å². The summed E-state index contributed by atoms with van der Waals surface area (Å²) in [5.41, 5.74) is 4.57. The summed E-state index contributed by atoms with van der Waals surface area (Å²) in [6.07, 6.45) is 4.91. The molecule has 2 aliphatic rings. The number of anilines is 2. The normalized spacial score (nSPS) is 16.6. The molecule has 4 rings (SSSR count). The Hall–Kier alpha value is -3.02. The van der Waals surface area contributed by atoms with Gasteiger partial charge in [0.2, 0.25) is 0 Å². The Morgan fingerprint density at radius 2 is 2.04 bits per heavy atom. The van der Waals surface area contributed by atoms with Crippen LogP contribution < -0.4 is 15.1 Å². The molecule has 2 saturated heterocycles. The number of aromatic nitrogens is 2. The summed E-state index contributed by atoms with van der Waals surface area (Å²) in [4.78, 5) is 16.0. The van der Waals surface area contributed by atoms with Crippen LogP contribution >= 0.6 is 0 Å². The van der Waals surface area contributed by atoms with E-state index in [2.05, 4.69) is 64.1 Å². The second-order valence-corrected chi connectivity index (χ2v) is 7.38. The quantitative estimate of drug-likeness (QED) is 0.866. The van der Waals surface area contributed by atoms with Crippen LogP contribution in [0.1, 0.15) is 23.6 Å². The third-order valence-corrected chi connectivity index (χ3v) is 5.53. The third-order valence-electron chi connectivity index (χ3n) is 5.53. The molecule has 6 nitrogen and oxygen atoms in total. The highest BCUT2D eigenvalue weighted by Crippen LogP contribution is 2.27. The van der Waals surface area contributed by atoms with Crippen LogP contribution in [-0.4, -0.2) is 47.7 Å². The summed E-state index contributed by atoms with van der Waals surface area (Å²) in [7, 11) is 0. The molecule has 0 bridgehead atoms. The monoisotopic (exact) mass is 376 g/mol. The molecule has 0 aromatic carbocycles. The predicted molar refractivity (Wildman–Crippen MR) is 115 cm³/mol. The van der Waals surface area contributed by atoms with E-state index in [9.17, 15) is 0 Å². The Balaban J connectivity index is 1.44. The van der Waals surface area contributed by atoms with Gasteiger partial charge in [0.1, 0.15) is 11.6 Å². The van der Waals surface area contributed by atoms with Gasteiger partial charge in [0.05, 0.1) is 12.5 Å². The van der Waals surface area contributed by atoms with Gasteiger partial charge in [-0.3, -0.25) is 0 Å². The van der Waals surface area contributed by atoms with Crippen molar-refractivity contribution in [2.75, 3.05) is 42.6 Å². The predicted octanol–water partition coefficient (Wildman–Crippen LogP) is 2.98. The summed E-state index contributed by atoms with van der Waals surface area (Å²) >= 11 is 0. The van der Waals surface area contributed by atoms with E-state index >= 15 is 0 Å². The van der Waals surface area contributed by atoms with Gasteiger partial charge in [-0.15, -0.1) is 0 Å². The molecule has 6 heteroatoms. The Bertz CT molecular complexity index is 888. The van der Waals surface area contributed by atoms with Crippen molar-refractivity contribution in [3.05, 3.63) is 66.3 Å². The molecule has 2 fully saturated rings. The molecule has 2 aliphatic heterocycles. The maximum atomic E-state index is 4.70.